The number of nitrogens with one attached hydrogen (secondary N) is 2. The average Bonchev–Trinajstić information content (AvgIpc) is 2.86. The summed E-state index contributed by atoms with van der Waals surface area (Å²) in [5, 5.41) is 7.08. The van der Waals surface area contributed by atoms with Crippen LogP contribution in [0.2, 0.25) is 0 Å². The van der Waals surface area contributed by atoms with E-state index in [4.69, 9.17) is 20.9 Å². The maximum absolute atomic E-state index is 14.8. The van der Waals surface area contributed by atoms with Gasteiger partial charge in [0, 0.05) is 35.8 Å². The molecule has 9 nitrogen and oxygen atoms in total. The second-order valence-corrected chi connectivity index (χ2v) is 9.78. The summed E-state index contributed by atoms with van der Waals surface area (Å²) in [6.45, 7) is 5.80. The first-order chi connectivity index (χ1) is 17.8. The molecule has 1 aliphatic carbocycles. The van der Waals surface area contributed by atoms with E-state index in [1.165, 1.54) is 0 Å². The van der Waals surface area contributed by atoms with Gasteiger partial charge in [0.1, 0.15) is 12.4 Å². The maximum atomic E-state index is 14.8. The number of primary amides is 1. The van der Waals surface area contributed by atoms with Gasteiger partial charge >= 0.3 is 0 Å². The number of aromatic nitrogens is 2. The molecule has 2 unspecified atom stereocenters. The molecule has 1 fully saturated rings. The van der Waals surface area contributed by atoms with Crippen LogP contribution in [0.25, 0.3) is 10.9 Å². The lowest BCUT2D eigenvalue weighted by atomic mass is 9.91. The summed E-state index contributed by atoms with van der Waals surface area (Å²) in [6.07, 6.45) is 3.77. The van der Waals surface area contributed by atoms with Crippen LogP contribution in [0, 0.1) is 11.7 Å². The van der Waals surface area contributed by atoms with Gasteiger partial charge in [-0.1, -0.05) is 26.7 Å². The molecule has 0 bridgehead atoms. The van der Waals surface area contributed by atoms with Gasteiger partial charge in [-0.3, -0.25) is 4.79 Å². The Balaban J connectivity index is 1.49. The predicted octanol–water partition coefficient (Wildman–Crippen LogP) is 4.34. The lowest BCUT2D eigenvalue weighted by molar-refractivity contribution is 0.0807. The van der Waals surface area contributed by atoms with E-state index in [1.54, 1.807) is 12.1 Å². The van der Waals surface area contributed by atoms with Crippen molar-refractivity contribution in [2.24, 2.45) is 17.4 Å². The first-order valence-corrected chi connectivity index (χ1v) is 12.7. The second-order valence-electron chi connectivity index (χ2n) is 9.78. The maximum Gasteiger partial charge on any atom is 0.252 e. The van der Waals surface area contributed by atoms with E-state index in [9.17, 15) is 9.18 Å². The van der Waals surface area contributed by atoms with E-state index >= 15 is 0 Å². The summed E-state index contributed by atoms with van der Waals surface area (Å²) >= 11 is 0. The van der Waals surface area contributed by atoms with E-state index < -0.39 is 11.7 Å². The van der Waals surface area contributed by atoms with E-state index in [1.807, 2.05) is 18.2 Å². The number of benzene rings is 1. The molecule has 1 aromatic carbocycles. The molecule has 3 aromatic rings. The summed E-state index contributed by atoms with van der Waals surface area (Å²) in [4.78, 5) is 20.9. The van der Waals surface area contributed by atoms with Crippen LogP contribution in [-0.2, 0) is 4.74 Å². The first kappa shape index (κ1) is 26.6. The molecule has 2 atom stereocenters. The van der Waals surface area contributed by atoms with Crippen molar-refractivity contribution >= 4 is 34.1 Å². The van der Waals surface area contributed by atoms with Gasteiger partial charge in [0.2, 0.25) is 5.88 Å². The van der Waals surface area contributed by atoms with Gasteiger partial charge in [0.25, 0.3) is 5.91 Å². The minimum absolute atomic E-state index is 0.0384. The van der Waals surface area contributed by atoms with Gasteiger partial charge in [-0.15, -0.1) is 0 Å². The number of nitrogens with zero attached hydrogens (tertiary/aromatic N) is 2. The summed E-state index contributed by atoms with van der Waals surface area (Å²) in [7, 11) is 0. The van der Waals surface area contributed by atoms with Crippen molar-refractivity contribution in [2.45, 2.75) is 51.6 Å². The molecule has 0 spiro atoms. The SMILES string of the molecule is CC(C)COCCOc1ccc2cc(Nc3nc(NC4CCCCC4N)c(F)cc3C(N)=O)ccc2n1. The number of amides is 1. The van der Waals surface area contributed by atoms with Crippen LogP contribution in [-0.4, -0.2) is 47.8 Å². The first-order valence-electron chi connectivity index (χ1n) is 12.7. The molecule has 4 rings (SSSR count). The molecule has 0 aliphatic heterocycles. The molecule has 10 heteroatoms. The summed E-state index contributed by atoms with van der Waals surface area (Å²) < 4.78 is 26.0. The van der Waals surface area contributed by atoms with Crippen molar-refractivity contribution < 1.29 is 18.7 Å². The highest BCUT2D eigenvalue weighted by Crippen LogP contribution is 2.28. The van der Waals surface area contributed by atoms with Gasteiger partial charge in [-0.2, -0.15) is 0 Å². The molecular formula is C27H35FN6O3. The molecule has 198 valence electrons. The topological polar surface area (TPSA) is 137 Å². The van der Waals surface area contributed by atoms with Gasteiger partial charge in [0.05, 0.1) is 17.7 Å². The van der Waals surface area contributed by atoms with Crippen molar-refractivity contribution in [3.8, 4) is 5.88 Å². The highest BCUT2D eigenvalue weighted by atomic mass is 19.1. The van der Waals surface area contributed by atoms with Crippen LogP contribution in [0.4, 0.5) is 21.7 Å². The Hall–Kier alpha value is -3.50. The fourth-order valence-corrected chi connectivity index (χ4v) is 4.31. The zero-order chi connectivity index (χ0) is 26.4. The number of anilines is 3. The largest absolute Gasteiger partial charge is 0.475 e. The fraction of sp³-hybridized carbons (Fsp3) is 0.444. The third-order valence-electron chi connectivity index (χ3n) is 6.24. The molecule has 1 aliphatic rings. The third-order valence-corrected chi connectivity index (χ3v) is 6.24. The average molecular weight is 511 g/mol. The monoisotopic (exact) mass is 510 g/mol. The zero-order valence-electron chi connectivity index (χ0n) is 21.3. The van der Waals surface area contributed by atoms with E-state index in [-0.39, 0.29) is 29.3 Å². The Labute approximate surface area is 216 Å². The minimum atomic E-state index is -0.781. The lowest BCUT2D eigenvalue weighted by Crippen LogP contribution is -2.43. The predicted molar refractivity (Wildman–Crippen MR) is 143 cm³/mol. The van der Waals surface area contributed by atoms with Crippen molar-refractivity contribution in [3.63, 3.8) is 0 Å². The molecule has 1 saturated carbocycles. The fourth-order valence-electron chi connectivity index (χ4n) is 4.31. The Morgan fingerprint density at radius 1 is 1.11 bits per heavy atom. The third kappa shape index (κ3) is 7.05. The lowest BCUT2D eigenvalue weighted by Gasteiger charge is -2.30. The van der Waals surface area contributed by atoms with Crippen molar-refractivity contribution in [3.05, 3.63) is 47.8 Å². The summed E-state index contributed by atoms with van der Waals surface area (Å²) in [5.41, 5.74) is 13.1. The highest BCUT2D eigenvalue weighted by Gasteiger charge is 2.24. The van der Waals surface area contributed by atoms with Crippen molar-refractivity contribution in [1.82, 2.24) is 9.97 Å². The number of ether oxygens (including phenoxy) is 2. The number of hydrogen-bond donors (Lipinski definition) is 4. The number of carbonyl (C=O) groups is 1. The number of nitrogens with two attached hydrogens (primary N) is 2. The van der Waals surface area contributed by atoms with Gasteiger partial charge in [-0.25, -0.2) is 14.4 Å². The number of hydrogen-bond acceptors (Lipinski definition) is 8. The van der Waals surface area contributed by atoms with Gasteiger partial charge in [0.15, 0.2) is 11.6 Å². The van der Waals surface area contributed by atoms with Gasteiger partial charge in [-0.05, 0) is 49.1 Å². The standard InChI is InChI=1S/C27H35FN6O3/c1-16(2)15-36-11-12-37-24-10-7-17-13-18(8-9-22(17)32-24)31-26-19(25(30)35)14-20(28)27(34-26)33-23-6-4-3-5-21(23)29/h7-10,13-14,16,21,23H,3-6,11-12,15,29H2,1-2H3,(H2,30,35)(H2,31,33,34). The minimum Gasteiger partial charge on any atom is -0.475 e. The van der Waals surface area contributed by atoms with Crippen LogP contribution in [0.1, 0.15) is 49.9 Å². The number of carbonyl (C=O) groups excluding carboxylic acids is 1. The molecule has 6 N–H and O–H groups in total. The van der Waals surface area contributed by atoms with Crippen molar-refractivity contribution in [1.29, 1.82) is 0 Å². The molecule has 2 aromatic heterocycles. The second kappa shape index (κ2) is 12.2. The van der Waals surface area contributed by atoms with E-state index in [0.717, 1.165) is 42.7 Å². The molecule has 0 saturated heterocycles. The van der Waals surface area contributed by atoms with Crippen LogP contribution in [0.15, 0.2) is 36.4 Å². The molecular weight excluding hydrogens is 475 g/mol. The van der Waals surface area contributed by atoms with Crippen LogP contribution in [0.3, 0.4) is 0 Å². The smallest absolute Gasteiger partial charge is 0.252 e. The highest BCUT2D eigenvalue weighted by molar-refractivity contribution is 5.99. The Bertz CT molecular complexity index is 1240. The normalized spacial score (nSPS) is 17.6. The number of rotatable bonds is 11. The van der Waals surface area contributed by atoms with Crippen molar-refractivity contribution in [2.75, 3.05) is 30.5 Å². The molecule has 1 amide bonds. The van der Waals surface area contributed by atoms with Gasteiger partial charge < -0.3 is 31.6 Å². The van der Waals surface area contributed by atoms with E-state index in [2.05, 4.69) is 34.4 Å². The van der Waals surface area contributed by atoms with E-state index in [0.29, 0.717) is 37.3 Å². The summed E-state index contributed by atoms with van der Waals surface area (Å²) in [6, 6.07) is 10.1. The molecule has 0 radical (unpaired) electrons. The number of fused-ring (bicyclic) bond motifs is 1. The van der Waals surface area contributed by atoms with Crippen LogP contribution in [0.5, 0.6) is 5.88 Å². The number of halogens is 1. The summed E-state index contributed by atoms with van der Waals surface area (Å²) in [5.74, 6) is -0.248. The number of pyridine rings is 2. The van der Waals surface area contributed by atoms with Crippen LogP contribution >= 0.6 is 0 Å². The zero-order valence-corrected chi connectivity index (χ0v) is 21.3. The molecule has 2 heterocycles. The Morgan fingerprint density at radius 2 is 1.92 bits per heavy atom. The quantitative estimate of drug-likeness (QED) is 0.280. The molecule has 37 heavy (non-hydrogen) atoms. The Kier molecular flexibility index (Phi) is 8.73. The van der Waals surface area contributed by atoms with Crippen LogP contribution < -0.4 is 26.8 Å². The Morgan fingerprint density at radius 3 is 2.68 bits per heavy atom.